The fourth-order valence-electron chi connectivity index (χ4n) is 3.33. The van der Waals surface area contributed by atoms with Gasteiger partial charge in [0.15, 0.2) is 11.5 Å². The predicted octanol–water partition coefficient (Wildman–Crippen LogP) is 3.84. The van der Waals surface area contributed by atoms with Crippen LogP contribution in [0.15, 0.2) is 42.5 Å². The first-order valence-electron chi connectivity index (χ1n) is 9.90. The molecule has 2 amide bonds. The Morgan fingerprint density at radius 3 is 2.40 bits per heavy atom. The molecule has 0 saturated heterocycles. The van der Waals surface area contributed by atoms with Gasteiger partial charge < -0.3 is 19.7 Å². The largest absolute Gasteiger partial charge is 0.493 e. The Morgan fingerprint density at radius 1 is 1.10 bits per heavy atom. The topological polar surface area (TPSA) is 67.9 Å². The van der Waals surface area contributed by atoms with Crippen LogP contribution in [0.5, 0.6) is 11.5 Å². The summed E-state index contributed by atoms with van der Waals surface area (Å²) in [5.74, 6) is 0.954. The van der Waals surface area contributed by atoms with Crippen LogP contribution in [0, 0.1) is 0 Å². The van der Waals surface area contributed by atoms with Crippen molar-refractivity contribution in [2.45, 2.75) is 38.8 Å². The van der Waals surface area contributed by atoms with Crippen molar-refractivity contribution in [2.75, 3.05) is 21.3 Å². The van der Waals surface area contributed by atoms with Crippen molar-refractivity contribution in [2.24, 2.45) is 0 Å². The molecular formula is C23H29ClN2O4. The third-order valence-electron chi connectivity index (χ3n) is 5.01. The molecule has 0 aliphatic rings. The number of likely N-dealkylation sites (N-methyl/N-ethyl adjacent to an activating group) is 1. The Kier molecular flexibility index (Phi) is 8.99. The molecule has 7 heteroatoms. The van der Waals surface area contributed by atoms with E-state index in [2.05, 4.69) is 5.32 Å². The van der Waals surface area contributed by atoms with Crippen molar-refractivity contribution < 1.29 is 19.1 Å². The van der Waals surface area contributed by atoms with E-state index in [1.807, 2.05) is 43.3 Å². The summed E-state index contributed by atoms with van der Waals surface area (Å²) in [6.45, 7) is 2.16. The quantitative estimate of drug-likeness (QED) is 0.619. The van der Waals surface area contributed by atoms with Crippen LogP contribution in [-0.2, 0) is 22.6 Å². The second-order valence-corrected chi connectivity index (χ2v) is 7.25. The number of aryl methyl sites for hydroxylation is 1. The number of methoxy groups -OCH3 is 2. The van der Waals surface area contributed by atoms with Crippen LogP contribution in [0.2, 0.25) is 5.02 Å². The molecule has 0 spiro atoms. The first kappa shape index (κ1) is 23.5. The number of nitrogens with zero attached hydrogens (tertiary/aromatic N) is 1. The number of halogens is 1. The highest BCUT2D eigenvalue weighted by atomic mass is 35.5. The Balaban J connectivity index is 2.21. The fourth-order valence-corrected chi connectivity index (χ4v) is 3.52. The van der Waals surface area contributed by atoms with Gasteiger partial charge >= 0.3 is 0 Å². The number of benzene rings is 2. The summed E-state index contributed by atoms with van der Waals surface area (Å²) in [7, 11) is 4.73. The third kappa shape index (κ3) is 5.89. The first-order chi connectivity index (χ1) is 14.4. The van der Waals surface area contributed by atoms with E-state index < -0.39 is 6.04 Å². The molecule has 0 radical (unpaired) electrons. The van der Waals surface area contributed by atoms with E-state index >= 15 is 0 Å². The van der Waals surface area contributed by atoms with Crippen LogP contribution in [0.25, 0.3) is 0 Å². The monoisotopic (exact) mass is 432 g/mol. The molecule has 2 aromatic carbocycles. The number of amides is 2. The average Bonchev–Trinajstić information content (AvgIpc) is 2.77. The molecule has 0 aliphatic carbocycles. The van der Waals surface area contributed by atoms with E-state index in [-0.39, 0.29) is 24.8 Å². The van der Waals surface area contributed by atoms with Gasteiger partial charge in [0.2, 0.25) is 11.8 Å². The molecule has 162 valence electrons. The zero-order valence-electron chi connectivity index (χ0n) is 17.9. The zero-order chi connectivity index (χ0) is 22.1. The molecule has 0 bridgehead atoms. The maximum Gasteiger partial charge on any atom is 0.242 e. The second-order valence-electron chi connectivity index (χ2n) is 6.84. The van der Waals surface area contributed by atoms with Crippen LogP contribution in [0.4, 0.5) is 0 Å². The molecule has 30 heavy (non-hydrogen) atoms. The summed E-state index contributed by atoms with van der Waals surface area (Å²) in [5.41, 5.74) is 1.76. The Hall–Kier alpha value is -2.73. The van der Waals surface area contributed by atoms with Gasteiger partial charge in [-0.05, 0) is 42.2 Å². The number of carbonyl (C=O) groups excluding carboxylic acids is 2. The molecule has 0 aromatic heterocycles. The SMILES string of the molecule is CC[C@H](C(=O)NC)N(Cc1ccccc1Cl)C(=O)CCc1ccc(OC)c(OC)c1. The molecule has 1 N–H and O–H groups in total. The van der Waals surface area contributed by atoms with Gasteiger partial charge in [0, 0.05) is 25.0 Å². The number of carbonyl (C=O) groups is 2. The Morgan fingerprint density at radius 2 is 1.80 bits per heavy atom. The second kappa shape index (κ2) is 11.5. The minimum absolute atomic E-state index is 0.111. The minimum atomic E-state index is -0.566. The molecule has 2 rings (SSSR count). The van der Waals surface area contributed by atoms with Crippen LogP contribution in [0.3, 0.4) is 0 Å². The van der Waals surface area contributed by atoms with Crippen molar-refractivity contribution in [3.63, 3.8) is 0 Å². The van der Waals surface area contributed by atoms with Gasteiger partial charge in [-0.3, -0.25) is 9.59 Å². The maximum atomic E-state index is 13.2. The lowest BCUT2D eigenvalue weighted by Crippen LogP contribution is -2.48. The number of hydrogen-bond donors (Lipinski definition) is 1. The average molecular weight is 433 g/mol. The summed E-state index contributed by atoms with van der Waals surface area (Å²) in [4.78, 5) is 27.2. The highest BCUT2D eigenvalue weighted by Crippen LogP contribution is 2.28. The van der Waals surface area contributed by atoms with Gasteiger partial charge in [0.1, 0.15) is 6.04 Å². The number of ether oxygens (including phenoxy) is 2. The molecule has 1 atom stereocenters. The van der Waals surface area contributed by atoms with Crippen molar-refractivity contribution >= 4 is 23.4 Å². The lowest BCUT2D eigenvalue weighted by molar-refractivity contribution is -0.141. The van der Waals surface area contributed by atoms with Crippen LogP contribution in [0.1, 0.15) is 30.9 Å². The summed E-state index contributed by atoms with van der Waals surface area (Å²) < 4.78 is 10.6. The lowest BCUT2D eigenvalue weighted by atomic mass is 10.1. The first-order valence-corrected chi connectivity index (χ1v) is 10.3. The van der Waals surface area contributed by atoms with Crippen LogP contribution in [-0.4, -0.2) is 44.0 Å². The van der Waals surface area contributed by atoms with Crippen molar-refractivity contribution in [3.05, 3.63) is 58.6 Å². The van der Waals surface area contributed by atoms with Crippen LogP contribution >= 0.6 is 11.6 Å². The van der Waals surface area contributed by atoms with E-state index in [1.165, 1.54) is 0 Å². The van der Waals surface area contributed by atoms with Gasteiger partial charge in [-0.15, -0.1) is 0 Å². The highest BCUT2D eigenvalue weighted by Gasteiger charge is 2.28. The van der Waals surface area contributed by atoms with E-state index in [4.69, 9.17) is 21.1 Å². The minimum Gasteiger partial charge on any atom is -0.493 e. The standard InChI is InChI=1S/C23H29ClN2O4/c1-5-19(23(28)25-2)26(15-17-8-6-7-9-18(17)24)22(27)13-11-16-10-12-20(29-3)21(14-16)30-4/h6-10,12,14,19H,5,11,13,15H2,1-4H3,(H,25,28)/t19-/m1/s1. The lowest BCUT2D eigenvalue weighted by Gasteiger charge is -2.30. The van der Waals surface area contributed by atoms with E-state index in [9.17, 15) is 9.59 Å². The van der Waals surface area contributed by atoms with Gasteiger partial charge in [0.05, 0.1) is 14.2 Å². The van der Waals surface area contributed by atoms with E-state index in [1.54, 1.807) is 32.2 Å². The number of nitrogens with one attached hydrogen (secondary N) is 1. The molecule has 2 aromatic rings. The van der Waals surface area contributed by atoms with Crippen LogP contribution < -0.4 is 14.8 Å². The van der Waals surface area contributed by atoms with Crippen molar-refractivity contribution in [1.29, 1.82) is 0 Å². The van der Waals surface area contributed by atoms with E-state index in [0.29, 0.717) is 29.4 Å². The Labute approximate surface area is 183 Å². The maximum absolute atomic E-state index is 13.2. The molecule has 6 nitrogen and oxygen atoms in total. The summed E-state index contributed by atoms with van der Waals surface area (Å²) in [5, 5.41) is 3.23. The Bertz CT molecular complexity index is 872. The van der Waals surface area contributed by atoms with Gasteiger partial charge in [-0.1, -0.05) is 42.8 Å². The zero-order valence-corrected chi connectivity index (χ0v) is 18.7. The van der Waals surface area contributed by atoms with E-state index in [0.717, 1.165) is 11.1 Å². The molecule has 0 saturated carbocycles. The predicted molar refractivity (Wildman–Crippen MR) is 118 cm³/mol. The summed E-state index contributed by atoms with van der Waals surface area (Å²) >= 11 is 6.30. The molecular weight excluding hydrogens is 404 g/mol. The highest BCUT2D eigenvalue weighted by molar-refractivity contribution is 6.31. The van der Waals surface area contributed by atoms with Gasteiger partial charge in [-0.25, -0.2) is 0 Å². The molecule has 0 aliphatic heterocycles. The van der Waals surface area contributed by atoms with Crippen molar-refractivity contribution in [3.8, 4) is 11.5 Å². The molecule has 0 fully saturated rings. The normalized spacial score (nSPS) is 11.5. The fraction of sp³-hybridized carbons (Fsp3) is 0.391. The summed E-state index contributed by atoms with van der Waals surface area (Å²) in [6, 6.07) is 12.4. The smallest absolute Gasteiger partial charge is 0.242 e. The third-order valence-corrected chi connectivity index (χ3v) is 5.38. The van der Waals surface area contributed by atoms with Crippen molar-refractivity contribution in [1.82, 2.24) is 10.2 Å². The summed E-state index contributed by atoms with van der Waals surface area (Å²) in [6.07, 6.45) is 1.28. The molecule has 0 unspecified atom stereocenters. The van der Waals surface area contributed by atoms with Gasteiger partial charge in [0.25, 0.3) is 0 Å². The molecule has 0 heterocycles. The number of rotatable bonds is 10. The van der Waals surface area contributed by atoms with Gasteiger partial charge in [-0.2, -0.15) is 0 Å². The number of hydrogen-bond acceptors (Lipinski definition) is 4.